The normalized spacial score (nSPS) is 13.8. The molecule has 4 aromatic rings. The van der Waals surface area contributed by atoms with Crippen molar-refractivity contribution in [3.05, 3.63) is 64.5 Å². The number of methoxy groups -OCH3 is 1. The highest BCUT2D eigenvalue weighted by atomic mass is 32.1. The van der Waals surface area contributed by atoms with E-state index in [1.54, 1.807) is 29.8 Å². The number of amides is 1. The Morgan fingerprint density at radius 3 is 2.73 bits per heavy atom. The Balaban J connectivity index is 1.47. The minimum atomic E-state index is -0.00783. The lowest BCUT2D eigenvalue weighted by Gasteiger charge is -2.26. The van der Waals surface area contributed by atoms with Gasteiger partial charge in [-0.15, -0.1) is 22.7 Å². The topological polar surface area (TPSA) is 54.5 Å². The van der Waals surface area contributed by atoms with Gasteiger partial charge in [-0.2, -0.15) is 0 Å². The van der Waals surface area contributed by atoms with Crippen molar-refractivity contribution < 1.29 is 9.53 Å². The third kappa shape index (κ3) is 4.67. The molecule has 0 aliphatic carbocycles. The molecule has 0 radical (unpaired) electrons. The molecule has 0 unspecified atom stereocenters. The minimum absolute atomic E-state index is 0.00783. The number of carbonyl (C=O) groups is 1. The Labute approximate surface area is 202 Å². The van der Waals surface area contributed by atoms with Crippen molar-refractivity contribution in [3.8, 4) is 16.3 Å². The van der Waals surface area contributed by atoms with E-state index >= 15 is 0 Å². The number of anilines is 1. The van der Waals surface area contributed by atoms with Crippen LogP contribution in [0.2, 0.25) is 0 Å². The number of fused-ring (bicyclic) bond motifs is 2. The Hall–Kier alpha value is -2.74. The summed E-state index contributed by atoms with van der Waals surface area (Å²) >= 11 is 3.42. The predicted octanol–water partition coefficient (Wildman–Crippen LogP) is 5.98. The molecular weight excluding hydrogens is 450 g/mol. The largest absolute Gasteiger partial charge is 0.497 e. The molecule has 7 heteroatoms. The van der Waals surface area contributed by atoms with E-state index in [0.29, 0.717) is 6.42 Å². The maximum atomic E-state index is 13.0. The average molecular weight is 478 g/mol. The second kappa shape index (κ2) is 9.63. The molecule has 0 atom stereocenters. The van der Waals surface area contributed by atoms with Crippen LogP contribution >= 0.6 is 22.7 Å². The number of hydrogen-bond donors (Lipinski definition) is 1. The lowest BCUT2D eigenvalue weighted by Crippen LogP contribution is -2.30. The molecule has 5 rings (SSSR count). The summed E-state index contributed by atoms with van der Waals surface area (Å²) in [6.07, 6.45) is 2.47. The second-order valence-corrected chi connectivity index (χ2v) is 10.4. The molecule has 1 aliphatic heterocycles. The van der Waals surface area contributed by atoms with Crippen molar-refractivity contribution >= 4 is 43.8 Å². The Morgan fingerprint density at radius 2 is 1.97 bits per heavy atom. The first kappa shape index (κ1) is 22.1. The van der Waals surface area contributed by atoms with Gasteiger partial charge in [-0.25, -0.2) is 4.98 Å². The van der Waals surface area contributed by atoms with Crippen LogP contribution in [0.1, 0.15) is 29.3 Å². The zero-order valence-corrected chi connectivity index (χ0v) is 20.5. The minimum Gasteiger partial charge on any atom is -0.497 e. The van der Waals surface area contributed by atoms with Gasteiger partial charge in [-0.1, -0.05) is 31.2 Å². The van der Waals surface area contributed by atoms with Crippen LogP contribution in [0.4, 0.5) is 5.00 Å². The number of rotatable bonds is 7. The second-order valence-electron chi connectivity index (χ2n) is 8.29. The quantitative estimate of drug-likeness (QED) is 0.356. The molecule has 1 aliphatic rings. The number of nitrogens with zero attached hydrogens (tertiary/aromatic N) is 2. The average Bonchev–Trinajstić information content (AvgIpc) is 3.40. The number of nitrogens with one attached hydrogen (secondary N) is 1. The summed E-state index contributed by atoms with van der Waals surface area (Å²) in [5.41, 5.74) is 4.45. The predicted molar refractivity (Wildman–Crippen MR) is 138 cm³/mol. The summed E-state index contributed by atoms with van der Waals surface area (Å²) in [7, 11) is 1.64. The standard InChI is InChI=1S/C26H27N3O2S2/c1-3-13-29-14-12-19-22(16-29)33-26(24(19)25-27-20-6-4-5-7-21(20)32-25)28-23(30)15-17-8-10-18(31-2)11-9-17/h4-11H,3,12-16H2,1-2H3,(H,28,30). The summed E-state index contributed by atoms with van der Waals surface area (Å²) in [6.45, 7) is 5.32. The van der Waals surface area contributed by atoms with Crippen molar-refractivity contribution in [2.24, 2.45) is 0 Å². The number of benzene rings is 2. The van der Waals surface area contributed by atoms with Crippen LogP contribution < -0.4 is 10.1 Å². The molecular formula is C26H27N3O2S2. The maximum absolute atomic E-state index is 13.0. The summed E-state index contributed by atoms with van der Waals surface area (Å²) in [6, 6.07) is 15.9. The van der Waals surface area contributed by atoms with Gasteiger partial charge in [0.15, 0.2) is 0 Å². The summed E-state index contributed by atoms with van der Waals surface area (Å²) in [4.78, 5) is 21.8. The van der Waals surface area contributed by atoms with Crippen molar-refractivity contribution in [2.75, 3.05) is 25.5 Å². The number of thiophene rings is 1. The number of para-hydroxylation sites is 1. The van der Waals surface area contributed by atoms with Gasteiger partial charge in [0.2, 0.25) is 5.91 Å². The SMILES string of the molecule is CCCN1CCc2c(sc(NC(=O)Cc3ccc(OC)cc3)c2-c2nc3ccccc3s2)C1. The molecule has 2 aromatic carbocycles. The smallest absolute Gasteiger partial charge is 0.229 e. The van der Waals surface area contributed by atoms with Crippen molar-refractivity contribution in [1.82, 2.24) is 9.88 Å². The van der Waals surface area contributed by atoms with Gasteiger partial charge in [0.1, 0.15) is 15.8 Å². The van der Waals surface area contributed by atoms with Crippen molar-refractivity contribution in [1.29, 1.82) is 0 Å². The molecule has 3 heterocycles. The monoisotopic (exact) mass is 477 g/mol. The zero-order valence-electron chi connectivity index (χ0n) is 18.9. The van der Waals surface area contributed by atoms with Crippen molar-refractivity contribution in [3.63, 3.8) is 0 Å². The third-order valence-corrected chi connectivity index (χ3v) is 8.15. The Bertz CT molecular complexity index is 1240. The first-order chi connectivity index (χ1) is 16.1. The molecule has 1 N–H and O–H groups in total. The van der Waals surface area contributed by atoms with E-state index in [1.165, 1.54) is 15.1 Å². The molecule has 0 saturated heterocycles. The van der Waals surface area contributed by atoms with Crippen LogP contribution in [-0.2, 0) is 24.2 Å². The highest BCUT2D eigenvalue weighted by Gasteiger charge is 2.27. The first-order valence-corrected chi connectivity index (χ1v) is 12.9. The lowest BCUT2D eigenvalue weighted by molar-refractivity contribution is -0.115. The molecule has 5 nitrogen and oxygen atoms in total. The molecule has 1 amide bonds. The van der Waals surface area contributed by atoms with Gasteiger partial charge in [0, 0.05) is 23.5 Å². The van der Waals surface area contributed by atoms with Gasteiger partial charge in [-0.3, -0.25) is 9.69 Å². The van der Waals surface area contributed by atoms with E-state index in [4.69, 9.17) is 9.72 Å². The maximum Gasteiger partial charge on any atom is 0.229 e. The van der Waals surface area contributed by atoms with E-state index in [1.807, 2.05) is 36.4 Å². The summed E-state index contributed by atoms with van der Waals surface area (Å²) in [5, 5.41) is 5.16. The molecule has 33 heavy (non-hydrogen) atoms. The number of carbonyl (C=O) groups excluding carboxylic acids is 1. The van der Waals surface area contributed by atoms with E-state index in [2.05, 4.69) is 29.3 Å². The lowest BCUT2D eigenvalue weighted by atomic mass is 10.0. The van der Waals surface area contributed by atoms with Crippen LogP contribution in [0.3, 0.4) is 0 Å². The fourth-order valence-electron chi connectivity index (χ4n) is 4.36. The Morgan fingerprint density at radius 1 is 1.15 bits per heavy atom. The molecule has 0 bridgehead atoms. The fraction of sp³-hybridized carbons (Fsp3) is 0.308. The highest BCUT2D eigenvalue weighted by molar-refractivity contribution is 7.22. The number of thiazole rings is 1. The molecule has 0 saturated carbocycles. The first-order valence-electron chi connectivity index (χ1n) is 11.3. The van der Waals surface area contributed by atoms with E-state index < -0.39 is 0 Å². The zero-order chi connectivity index (χ0) is 22.8. The number of ether oxygens (including phenoxy) is 1. The number of hydrogen-bond acceptors (Lipinski definition) is 6. The molecule has 0 fully saturated rings. The molecule has 170 valence electrons. The fourth-order valence-corrected chi connectivity index (χ4v) is 6.77. The van der Waals surface area contributed by atoms with Crippen LogP contribution in [0.25, 0.3) is 20.8 Å². The van der Waals surface area contributed by atoms with Gasteiger partial charge in [0.05, 0.1) is 23.7 Å². The van der Waals surface area contributed by atoms with Crippen molar-refractivity contribution in [2.45, 2.75) is 32.7 Å². The Kier molecular flexibility index (Phi) is 6.44. The van der Waals surface area contributed by atoms with E-state index in [9.17, 15) is 4.79 Å². The molecule has 0 spiro atoms. The van der Waals surface area contributed by atoms with Gasteiger partial charge in [0.25, 0.3) is 0 Å². The van der Waals surface area contributed by atoms with Gasteiger partial charge < -0.3 is 10.1 Å². The summed E-state index contributed by atoms with van der Waals surface area (Å²) < 4.78 is 6.40. The van der Waals surface area contributed by atoms with Crippen LogP contribution in [0.15, 0.2) is 48.5 Å². The van der Waals surface area contributed by atoms with Gasteiger partial charge >= 0.3 is 0 Å². The van der Waals surface area contributed by atoms with Gasteiger partial charge in [-0.05, 0) is 54.8 Å². The third-order valence-electron chi connectivity index (χ3n) is 5.96. The highest BCUT2D eigenvalue weighted by Crippen LogP contribution is 2.45. The van der Waals surface area contributed by atoms with E-state index in [0.717, 1.165) is 64.9 Å². The van der Waals surface area contributed by atoms with Crippen LogP contribution in [-0.4, -0.2) is 36.0 Å². The molecule has 2 aromatic heterocycles. The van der Waals surface area contributed by atoms with E-state index in [-0.39, 0.29) is 5.91 Å². The summed E-state index contributed by atoms with van der Waals surface area (Å²) in [5.74, 6) is 0.784. The van der Waals surface area contributed by atoms with Crippen LogP contribution in [0, 0.1) is 0 Å². The van der Waals surface area contributed by atoms with Crippen LogP contribution in [0.5, 0.6) is 5.75 Å². The number of aromatic nitrogens is 1.